The Morgan fingerprint density at radius 1 is 1.58 bits per heavy atom. The second-order valence-corrected chi connectivity index (χ2v) is 3.79. The minimum Gasteiger partial charge on any atom is -0.391 e. The lowest BCUT2D eigenvalue weighted by Gasteiger charge is -2.37. The van der Waals surface area contributed by atoms with Crippen LogP contribution in [0.5, 0.6) is 0 Å². The summed E-state index contributed by atoms with van der Waals surface area (Å²) in [7, 11) is 0. The Bertz CT molecular complexity index is 199. The van der Waals surface area contributed by atoms with Gasteiger partial charge in [0.15, 0.2) is 0 Å². The number of hydrogen-bond donors (Lipinski definition) is 3. The maximum absolute atomic E-state index is 11.1. The van der Waals surface area contributed by atoms with E-state index in [1.54, 1.807) is 0 Å². The van der Waals surface area contributed by atoms with E-state index in [0.717, 1.165) is 19.5 Å². The molecule has 0 aromatic carbocycles. The topological polar surface area (TPSA) is 61.4 Å². The Balaban J connectivity index is 2.14. The fraction of sp³-hybridized carbons (Fsp3) is 0.875. The molecule has 2 atom stereocenters. The molecule has 4 nitrogen and oxygen atoms in total. The van der Waals surface area contributed by atoms with E-state index < -0.39 is 0 Å². The lowest BCUT2D eigenvalue weighted by molar-refractivity contribution is -0.130. The van der Waals surface area contributed by atoms with Gasteiger partial charge in [-0.25, -0.2) is 0 Å². The minimum absolute atomic E-state index is 0.0731. The van der Waals surface area contributed by atoms with Crippen LogP contribution in [-0.2, 0) is 4.79 Å². The van der Waals surface area contributed by atoms with Crippen molar-refractivity contribution in [1.82, 2.24) is 10.6 Å². The molecule has 2 aliphatic heterocycles. The number of rotatable bonds is 0. The minimum atomic E-state index is -0.370. The Labute approximate surface area is 71.3 Å². The third-order valence-electron chi connectivity index (χ3n) is 2.99. The highest BCUT2D eigenvalue weighted by Crippen LogP contribution is 2.35. The van der Waals surface area contributed by atoms with Crippen molar-refractivity contribution in [3.05, 3.63) is 0 Å². The summed E-state index contributed by atoms with van der Waals surface area (Å²) in [4.78, 5) is 11.1. The lowest BCUT2D eigenvalue weighted by Crippen LogP contribution is -2.52. The molecule has 2 fully saturated rings. The molecule has 68 valence electrons. The van der Waals surface area contributed by atoms with Crippen molar-refractivity contribution >= 4 is 5.91 Å². The maximum atomic E-state index is 11.1. The van der Waals surface area contributed by atoms with E-state index in [9.17, 15) is 9.90 Å². The van der Waals surface area contributed by atoms with Crippen molar-refractivity contribution < 1.29 is 9.90 Å². The van der Waals surface area contributed by atoms with E-state index in [4.69, 9.17) is 0 Å². The zero-order valence-electron chi connectivity index (χ0n) is 6.97. The summed E-state index contributed by atoms with van der Waals surface area (Å²) in [5.74, 6) is 0.0731. The van der Waals surface area contributed by atoms with Gasteiger partial charge in [-0.2, -0.15) is 0 Å². The molecule has 0 aliphatic carbocycles. The normalized spacial score (nSPS) is 41.8. The molecule has 2 aliphatic rings. The number of amides is 1. The predicted octanol–water partition coefficient (Wildman–Crippen LogP) is -1.15. The summed E-state index contributed by atoms with van der Waals surface area (Å²) in [6.45, 7) is 2.12. The summed E-state index contributed by atoms with van der Waals surface area (Å²) >= 11 is 0. The van der Waals surface area contributed by atoms with Gasteiger partial charge in [0.25, 0.3) is 0 Å². The van der Waals surface area contributed by atoms with E-state index in [0.29, 0.717) is 13.0 Å². The quantitative estimate of drug-likeness (QED) is 0.430. The van der Waals surface area contributed by atoms with Crippen molar-refractivity contribution in [1.29, 1.82) is 0 Å². The van der Waals surface area contributed by atoms with E-state index >= 15 is 0 Å². The molecule has 2 heterocycles. The molecular formula is C8H14N2O2. The summed E-state index contributed by atoms with van der Waals surface area (Å²) in [6, 6.07) is 0. The first-order chi connectivity index (χ1) is 5.73. The number of aliphatic hydroxyl groups is 1. The van der Waals surface area contributed by atoms with Crippen molar-refractivity contribution in [3.8, 4) is 0 Å². The second kappa shape index (κ2) is 2.71. The van der Waals surface area contributed by atoms with Crippen LogP contribution in [0.4, 0.5) is 0 Å². The van der Waals surface area contributed by atoms with Crippen LogP contribution in [0.25, 0.3) is 0 Å². The molecule has 2 unspecified atom stereocenters. The highest BCUT2D eigenvalue weighted by Gasteiger charge is 2.44. The van der Waals surface area contributed by atoms with Crippen molar-refractivity contribution in [2.45, 2.75) is 18.9 Å². The molecule has 1 spiro atoms. The van der Waals surface area contributed by atoms with Gasteiger partial charge in [0.1, 0.15) is 0 Å². The first kappa shape index (κ1) is 8.01. The summed E-state index contributed by atoms with van der Waals surface area (Å²) in [6.07, 6.45) is 1.02. The van der Waals surface area contributed by atoms with Crippen molar-refractivity contribution in [2.24, 2.45) is 5.41 Å². The fourth-order valence-corrected chi connectivity index (χ4v) is 2.13. The lowest BCUT2D eigenvalue weighted by atomic mass is 9.76. The Hall–Kier alpha value is -0.610. The SMILES string of the molecule is O=C1CC2(CCNC2)C(O)CN1. The number of piperidine rings is 1. The van der Waals surface area contributed by atoms with Gasteiger partial charge in [0.05, 0.1) is 6.10 Å². The first-order valence-electron chi connectivity index (χ1n) is 4.38. The number of β-amino-alcohol motifs (C(OH)–C–C–N with tert-alkyl or cyclic N) is 1. The molecule has 0 bridgehead atoms. The van der Waals surface area contributed by atoms with Gasteiger partial charge in [-0.05, 0) is 13.0 Å². The third-order valence-corrected chi connectivity index (χ3v) is 2.99. The van der Waals surface area contributed by atoms with Crippen LogP contribution in [0, 0.1) is 5.41 Å². The van der Waals surface area contributed by atoms with Crippen LogP contribution in [0.2, 0.25) is 0 Å². The van der Waals surface area contributed by atoms with Crippen LogP contribution in [0.3, 0.4) is 0 Å². The van der Waals surface area contributed by atoms with E-state index in [1.807, 2.05) is 0 Å². The number of nitrogens with one attached hydrogen (secondary N) is 2. The van der Waals surface area contributed by atoms with Crippen molar-refractivity contribution in [3.63, 3.8) is 0 Å². The van der Waals surface area contributed by atoms with Gasteiger partial charge in [-0.3, -0.25) is 4.79 Å². The average molecular weight is 170 g/mol. The summed E-state index contributed by atoms with van der Waals surface area (Å²) in [5, 5.41) is 15.6. The zero-order valence-corrected chi connectivity index (χ0v) is 6.97. The van der Waals surface area contributed by atoms with Crippen LogP contribution in [0.15, 0.2) is 0 Å². The van der Waals surface area contributed by atoms with Crippen LogP contribution >= 0.6 is 0 Å². The molecule has 0 aromatic rings. The van der Waals surface area contributed by atoms with Gasteiger partial charge in [-0.1, -0.05) is 0 Å². The predicted molar refractivity (Wildman–Crippen MR) is 43.6 cm³/mol. The average Bonchev–Trinajstić information content (AvgIpc) is 2.48. The molecule has 3 N–H and O–H groups in total. The fourth-order valence-electron chi connectivity index (χ4n) is 2.13. The summed E-state index contributed by atoms with van der Waals surface area (Å²) in [5.41, 5.74) is -0.164. The van der Waals surface area contributed by atoms with Crippen LogP contribution < -0.4 is 10.6 Å². The molecule has 2 rings (SSSR count). The van der Waals surface area contributed by atoms with Gasteiger partial charge >= 0.3 is 0 Å². The maximum Gasteiger partial charge on any atom is 0.220 e. The number of hydrogen-bond acceptors (Lipinski definition) is 3. The van der Waals surface area contributed by atoms with Gasteiger partial charge in [-0.15, -0.1) is 0 Å². The zero-order chi connectivity index (χ0) is 8.60. The largest absolute Gasteiger partial charge is 0.391 e. The van der Waals surface area contributed by atoms with E-state index in [-0.39, 0.29) is 17.4 Å². The first-order valence-corrected chi connectivity index (χ1v) is 4.38. The molecular weight excluding hydrogens is 156 g/mol. The third kappa shape index (κ3) is 1.11. The highest BCUT2D eigenvalue weighted by atomic mass is 16.3. The van der Waals surface area contributed by atoms with Crippen LogP contribution in [-0.4, -0.2) is 36.8 Å². The van der Waals surface area contributed by atoms with Gasteiger partial charge in [0, 0.05) is 24.9 Å². The Morgan fingerprint density at radius 3 is 3.08 bits per heavy atom. The molecule has 0 radical (unpaired) electrons. The molecule has 0 aromatic heterocycles. The molecule has 2 saturated heterocycles. The highest BCUT2D eigenvalue weighted by molar-refractivity contribution is 5.78. The number of carbonyl (C=O) groups excluding carboxylic acids is 1. The van der Waals surface area contributed by atoms with Crippen LogP contribution in [0.1, 0.15) is 12.8 Å². The summed E-state index contributed by atoms with van der Waals surface area (Å²) < 4.78 is 0. The Morgan fingerprint density at radius 2 is 2.42 bits per heavy atom. The van der Waals surface area contributed by atoms with E-state index in [2.05, 4.69) is 10.6 Å². The number of aliphatic hydroxyl groups excluding tert-OH is 1. The van der Waals surface area contributed by atoms with Gasteiger partial charge < -0.3 is 15.7 Å². The Kier molecular flexibility index (Phi) is 1.81. The molecule has 12 heavy (non-hydrogen) atoms. The molecule has 0 saturated carbocycles. The standard InChI is InChI=1S/C8H14N2O2/c11-6-4-10-7(12)3-8(6)1-2-9-5-8/h6,9,11H,1-5H2,(H,10,12). The monoisotopic (exact) mass is 170 g/mol. The molecule has 4 heteroatoms. The van der Waals surface area contributed by atoms with Gasteiger partial charge in [0.2, 0.25) is 5.91 Å². The smallest absolute Gasteiger partial charge is 0.220 e. The van der Waals surface area contributed by atoms with Crippen molar-refractivity contribution in [2.75, 3.05) is 19.6 Å². The van der Waals surface area contributed by atoms with E-state index in [1.165, 1.54) is 0 Å². The second-order valence-electron chi connectivity index (χ2n) is 3.79. The number of carbonyl (C=O) groups is 1. The molecule has 1 amide bonds.